The van der Waals surface area contributed by atoms with Crippen LogP contribution in [0.25, 0.3) is 0 Å². The molecule has 0 heterocycles. The van der Waals surface area contributed by atoms with E-state index in [1.54, 1.807) is 0 Å². The van der Waals surface area contributed by atoms with Crippen molar-refractivity contribution in [2.45, 2.75) is 0 Å². The molecule has 18 radical (unpaired) electrons. The van der Waals surface area contributed by atoms with E-state index in [1.165, 1.54) is 0 Å². The average Bonchev–Trinajstić information content (AvgIpc) is 2.74. The maximum absolute atomic E-state index is 9.17. The summed E-state index contributed by atoms with van der Waals surface area (Å²) in [6.07, 6.45) is 0. The third-order valence-electron chi connectivity index (χ3n) is 2.48. The molecule has 22 heteroatoms. The number of nitrogens with one attached hydrogen (secondary N) is 4. The predicted molar refractivity (Wildman–Crippen MR) is 162 cm³/mol. The maximum Gasteiger partial charge on any atom is 0.00772 e. The van der Waals surface area contributed by atoms with E-state index in [2.05, 4.69) is 21.3 Å². The molecule has 12 nitrogen and oxygen atoms in total. The van der Waals surface area contributed by atoms with Gasteiger partial charge in [0.05, 0.1) is 0 Å². The standard InChI is InChI=1S/2C6H18N4.2C2H6NO.2Ge.6Se.2V/c2*7-1-3-9-5-6-10-4-2-8;2*3-1-2-4;;;;;;;;;;/h2*9-10H,1-8H2;2*1-3H2;;;;;;;;;;/q;;2*-1;;;;;4*-1;;. The van der Waals surface area contributed by atoms with Gasteiger partial charge >= 0.3 is 0 Å². The van der Waals surface area contributed by atoms with Crippen molar-refractivity contribution >= 4 is 138 Å². The zero-order valence-electron chi connectivity index (χ0n) is 21.9. The largest absolute Gasteiger partial charge is 1.00 e. The van der Waals surface area contributed by atoms with Gasteiger partial charge in [0.2, 0.25) is 0 Å². The van der Waals surface area contributed by atoms with E-state index >= 15 is 0 Å². The smallest absolute Gasteiger partial charge is 0.00772 e. The van der Waals surface area contributed by atoms with Crippen LogP contribution in [0.1, 0.15) is 0 Å². The molecule has 0 saturated carbocycles. The molecule has 38 heavy (non-hydrogen) atoms. The Bertz CT molecular complexity index is 214. The quantitative estimate of drug-likeness (QED) is 0.0512. The van der Waals surface area contributed by atoms with Crippen LogP contribution >= 0.6 is 0 Å². The van der Waals surface area contributed by atoms with Crippen molar-refractivity contribution in [3.8, 4) is 0 Å². The molecule has 0 amide bonds. The molecule has 0 unspecified atom stereocenters. The van der Waals surface area contributed by atoms with Crippen molar-refractivity contribution in [2.75, 3.05) is 105 Å². The summed E-state index contributed by atoms with van der Waals surface area (Å²) in [7, 11) is 0. The van der Waals surface area contributed by atoms with Gasteiger partial charge in [-0.1, -0.05) is 0 Å². The molecule has 0 rings (SSSR count). The summed E-state index contributed by atoms with van der Waals surface area (Å²) in [5.74, 6) is 0. The number of nitrogens with two attached hydrogens (primary N) is 6. The molecule has 0 aromatic rings. The van der Waals surface area contributed by atoms with Crippen molar-refractivity contribution in [2.24, 2.45) is 34.4 Å². The Balaban J connectivity index is -0.0000000164. The molecule has 0 spiro atoms. The van der Waals surface area contributed by atoms with Crippen LogP contribution in [-0.4, -0.2) is 242 Å². The summed E-state index contributed by atoms with van der Waals surface area (Å²) >= 11 is 0. The van der Waals surface area contributed by atoms with Crippen LogP contribution in [0.3, 0.4) is 0 Å². The van der Waals surface area contributed by atoms with E-state index in [4.69, 9.17) is 34.4 Å². The summed E-state index contributed by atoms with van der Waals surface area (Å²) < 4.78 is 0. The Morgan fingerprint density at radius 1 is 0.368 bits per heavy atom. The van der Waals surface area contributed by atoms with Crippen LogP contribution in [-0.2, 0) is 37.1 Å². The fourth-order valence-electron chi connectivity index (χ4n) is 1.26. The first-order chi connectivity index (χ1) is 13.7. The minimum absolute atomic E-state index is 0. The van der Waals surface area contributed by atoms with Crippen molar-refractivity contribution in [1.82, 2.24) is 21.3 Å². The Morgan fingerprint density at radius 3 is 0.579 bits per heavy atom. The summed E-state index contributed by atoms with van der Waals surface area (Å²) in [4.78, 5) is 0. The Hall–Kier alpha value is 4.89. The molecule has 0 fully saturated rings. The molecule has 234 valence electrons. The number of rotatable bonds is 16. The minimum atomic E-state index is -0.153. The van der Waals surface area contributed by atoms with Gasteiger partial charge < -0.3 is 134 Å². The van der Waals surface area contributed by atoms with Gasteiger partial charge in [-0.3, -0.25) is 0 Å². The third kappa shape index (κ3) is 149. The van der Waals surface area contributed by atoms with E-state index < -0.39 is 0 Å². The molecular formula is C16H48Ge2N10O2Se6V2-6. The first-order valence-corrected chi connectivity index (χ1v) is 9.86. The SMILES string of the molecule is NCCNCCNCCN.NCCNCCNCCN.NCC[O-].NCC[O-].[Ge].[Ge].[Se-].[Se-].[Se-].[Se-].[Se].[Se].[V].[V]. The average molecular weight is 1130 g/mol. The minimum Gasteiger partial charge on any atom is -1.00 e. The summed E-state index contributed by atoms with van der Waals surface area (Å²) in [5, 5.41) is 31.0. The molecule has 0 aromatic carbocycles. The third-order valence-corrected chi connectivity index (χ3v) is 2.48. The second kappa shape index (κ2) is 113. The second-order valence-electron chi connectivity index (χ2n) is 5.14. The predicted octanol–water partition coefficient (Wildman–Crippen LogP) is -10.3. The van der Waals surface area contributed by atoms with E-state index in [1.807, 2.05) is 0 Å². The molecular weight excluding hydrogens is 1090 g/mol. The van der Waals surface area contributed by atoms with Crippen LogP contribution in [0.5, 0.6) is 0 Å². The van der Waals surface area contributed by atoms with Gasteiger partial charge in [-0.25, -0.2) is 0 Å². The van der Waals surface area contributed by atoms with Gasteiger partial charge in [0.15, 0.2) is 0 Å². The zero-order chi connectivity index (χ0) is 22.1. The van der Waals surface area contributed by atoms with Gasteiger partial charge in [0, 0.05) is 185 Å². The Labute approximate surface area is 341 Å². The first-order valence-electron chi connectivity index (χ1n) is 9.86. The van der Waals surface area contributed by atoms with Crippen molar-refractivity contribution in [1.29, 1.82) is 0 Å². The van der Waals surface area contributed by atoms with Crippen LogP contribution in [0, 0.1) is 0 Å². The second-order valence-corrected chi connectivity index (χ2v) is 5.14. The van der Waals surface area contributed by atoms with E-state index in [0.29, 0.717) is 26.2 Å². The van der Waals surface area contributed by atoms with Crippen molar-refractivity contribution in [3.63, 3.8) is 0 Å². The molecule has 0 saturated heterocycles. The summed E-state index contributed by atoms with van der Waals surface area (Å²) in [5.41, 5.74) is 30.5. The molecule has 0 atom stereocenters. The van der Waals surface area contributed by atoms with Crippen LogP contribution in [0.4, 0.5) is 0 Å². The number of hydrogen-bond donors (Lipinski definition) is 10. The molecule has 0 aromatic heterocycles. The van der Waals surface area contributed by atoms with Gasteiger partial charge in [0.1, 0.15) is 0 Å². The zero-order valence-corrected chi connectivity index (χ0v) is 39.2. The Kier molecular flexibility index (Phi) is 268. The molecule has 0 aliphatic heterocycles. The monoisotopic (exact) mass is 1140 g/mol. The van der Waals surface area contributed by atoms with E-state index in [0.717, 1.165) is 52.4 Å². The normalized spacial score (nSPS) is 6.95. The van der Waals surface area contributed by atoms with Gasteiger partial charge in [0.25, 0.3) is 0 Å². The number of hydrogen-bond acceptors (Lipinski definition) is 12. The van der Waals surface area contributed by atoms with Gasteiger partial charge in [-0.15, -0.1) is 13.2 Å². The van der Waals surface area contributed by atoms with Crippen LogP contribution in [0.2, 0.25) is 0 Å². The molecule has 0 aliphatic carbocycles. The van der Waals surface area contributed by atoms with Crippen molar-refractivity contribution in [3.05, 3.63) is 0 Å². The fourth-order valence-corrected chi connectivity index (χ4v) is 1.26. The maximum atomic E-state index is 9.17. The van der Waals surface area contributed by atoms with E-state index in [-0.39, 0.29) is 201 Å². The first kappa shape index (κ1) is 90.2. The van der Waals surface area contributed by atoms with Gasteiger partial charge in [-0.2, -0.15) is 0 Å². The molecule has 16 N–H and O–H groups in total. The molecule has 0 aliphatic rings. The summed E-state index contributed by atoms with van der Waals surface area (Å²) in [6.45, 7) is 10.5. The van der Waals surface area contributed by atoms with Crippen molar-refractivity contribution < 1.29 is 47.3 Å². The van der Waals surface area contributed by atoms with Gasteiger partial charge in [-0.05, 0) is 13.1 Å². The molecule has 0 bridgehead atoms. The van der Waals surface area contributed by atoms with E-state index in [9.17, 15) is 10.2 Å². The van der Waals surface area contributed by atoms with Crippen LogP contribution < -0.4 is 65.9 Å². The summed E-state index contributed by atoms with van der Waals surface area (Å²) in [6, 6.07) is 0. The topological polar surface area (TPSA) is 250 Å². The Morgan fingerprint density at radius 2 is 0.500 bits per heavy atom. The van der Waals surface area contributed by atoms with Crippen LogP contribution in [0.15, 0.2) is 0 Å². The fraction of sp³-hybridized carbons (Fsp3) is 1.00.